The molecule has 0 bridgehead atoms. The number of carboxylic acid groups (broad SMARTS) is 1. The van der Waals surface area contributed by atoms with E-state index in [4.69, 9.17) is 19.3 Å². The van der Waals surface area contributed by atoms with E-state index in [1.54, 1.807) is 19.1 Å². The maximum Gasteiger partial charge on any atom is 0.361 e. The smallest absolute Gasteiger partial charge is 0.361 e. The van der Waals surface area contributed by atoms with Crippen LogP contribution in [0.15, 0.2) is 18.2 Å². The van der Waals surface area contributed by atoms with Crippen LogP contribution < -0.4 is 9.47 Å². The zero-order valence-electron chi connectivity index (χ0n) is 12.5. The topological polar surface area (TPSA) is 124 Å². The molecule has 1 aromatic heterocycles. The van der Waals surface area contributed by atoms with Gasteiger partial charge >= 0.3 is 11.9 Å². The first kappa shape index (κ1) is 16.3. The number of nitrogens with one attached hydrogen (secondary N) is 1. The Balaban J connectivity index is 2.33. The van der Waals surface area contributed by atoms with Gasteiger partial charge in [0, 0.05) is 5.56 Å². The summed E-state index contributed by atoms with van der Waals surface area (Å²) < 4.78 is 15.2. The summed E-state index contributed by atoms with van der Waals surface area (Å²) in [6, 6.07) is 4.71. The zero-order chi connectivity index (χ0) is 16.8. The molecule has 0 saturated heterocycles. The number of esters is 1. The number of carboxylic acids is 1. The second kappa shape index (κ2) is 7.25. The number of methoxy groups -OCH3 is 1. The SMILES string of the molecule is CCOC(=O)c1n[nH]nc1-c1ccc(OCC(=O)O)c(OC)c1. The minimum absolute atomic E-state index is 0.0492. The van der Waals surface area contributed by atoms with Crippen LogP contribution >= 0.6 is 0 Å². The van der Waals surface area contributed by atoms with E-state index in [2.05, 4.69) is 15.4 Å². The van der Waals surface area contributed by atoms with Crippen molar-refractivity contribution in [1.82, 2.24) is 15.4 Å². The molecule has 2 aromatic rings. The van der Waals surface area contributed by atoms with Crippen molar-refractivity contribution in [2.24, 2.45) is 0 Å². The molecule has 2 rings (SSSR count). The monoisotopic (exact) mass is 321 g/mol. The first-order valence-corrected chi connectivity index (χ1v) is 6.67. The van der Waals surface area contributed by atoms with E-state index in [1.165, 1.54) is 13.2 Å². The highest BCUT2D eigenvalue weighted by atomic mass is 16.5. The molecule has 1 aromatic carbocycles. The molecule has 0 amide bonds. The predicted octanol–water partition coefficient (Wildman–Crippen LogP) is 1.12. The van der Waals surface area contributed by atoms with Gasteiger partial charge in [0.15, 0.2) is 23.8 Å². The molecule has 0 unspecified atom stereocenters. The van der Waals surface area contributed by atoms with Crippen LogP contribution in [0.5, 0.6) is 11.5 Å². The lowest BCUT2D eigenvalue weighted by Gasteiger charge is -2.10. The fourth-order valence-electron chi connectivity index (χ4n) is 1.85. The number of aliphatic carboxylic acids is 1. The fraction of sp³-hybridized carbons (Fsp3) is 0.286. The van der Waals surface area contributed by atoms with E-state index in [9.17, 15) is 9.59 Å². The highest BCUT2D eigenvalue weighted by molar-refractivity contribution is 5.94. The van der Waals surface area contributed by atoms with E-state index in [0.717, 1.165) is 0 Å². The first-order chi connectivity index (χ1) is 11.1. The van der Waals surface area contributed by atoms with Crippen molar-refractivity contribution in [1.29, 1.82) is 0 Å². The van der Waals surface area contributed by atoms with Crippen molar-refractivity contribution in [2.45, 2.75) is 6.92 Å². The van der Waals surface area contributed by atoms with Crippen molar-refractivity contribution in [2.75, 3.05) is 20.3 Å². The number of nitrogens with zero attached hydrogens (tertiary/aromatic N) is 2. The number of carbonyl (C=O) groups is 2. The lowest BCUT2D eigenvalue weighted by molar-refractivity contribution is -0.139. The molecule has 1 heterocycles. The van der Waals surface area contributed by atoms with Crippen molar-refractivity contribution >= 4 is 11.9 Å². The van der Waals surface area contributed by atoms with Gasteiger partial charge in [-0.05, 0) is 25.1 Å². The summed E-state index contributed by atoms with van der Waals surface area (Å²) in [5.74, 6) is -1.12. The van der Waals surface area contributed by atoms with Crippen molar-refractivity contribution in [3.8, 4) is 22.8 Å². The Morgan fingerprint density at radius 2 is 2.04 bits per heavy atom. The number of benzene rings is 1. The van der Waals surface area contributed by atoms with Crippen molar-refractivity contribution < 1.29 is 28.9 Å². The largest absolute Gasteiger partial charge is 0.493 e. The molecule has 23 heavy (non-hydrogen) atoms. The Hall–Kier alpha value is -3.10. The highest BCUT2D eigenvalue weighted by Gasteiger charge is 2.20. The molecular weight excluding hydrogens is 306 g/mol. The number of rotatable bonds is 7. The van der Waals surface area contributed by atoms with Gasteiger partial charge in [0.25, 0.3) is 0 Å². The third kappa shape index (κ3) is 3.76. The Labute approximate surface area is 131 Å². The summed E-state index contributed by atoms with van der Waals surface area (Å²) in [6.07, 6.45) is 0. The molecule has 0 spiro atoms. The van der Waals surface area contributed by atoms with E-state index in [1.807, 2.05) is 0 Å². The average Bonchev–Trinajstić information content (AvgIpc) is 3.02. The van der Waals surface area contributed by atoms with Gasteiger partial charge in [-0.25, -0.2) is 9.59 Å². The van der Waals surface area contributed by atoms with Gasteiger partial charge in [0.1, 0.15) is 5.69 Å². The van der Waals surface area contributed by atoms with Gasteiger partial charge in [0.05, 0.1) is 13.7 Å². The Kier molecular flexibility index (Phi) is 5.13. The summed E-state index contributed by atoms with van der Waals surface area (Å²) in [7, 11) is 1.42. The summed E-state index contributed by atoms with van der Waals surface area (Å²) in [5.41, 5.74) is 0.890. The molecule has 0 saturated carbocycles. The molecule has 0 aliphatic carbocycles. The van der Waals surface area contributed by atoms with Crippen LogP contribution in [0.4, 0.5) is 0 Å². The molecule has 0 fully saturated rings. The first-order valence-electron chi connectivity index (χ1n) is 6.67. The van der Waals surface area contributed by atoms with Gasteiger partial charge in [-0.3, -0.25) is 0 Å². The highest BCUT2D eigenvalue weighted by Crippen LogP contribution is 2.32. The van der Waals surface area contributed by atoms with Crippen LogP contribution in [-0.4, -0.2) is 52.8 Å². The van der Waals surface area contributed by atoms with Gasteiger partial charge < -0.3 is 19.3 Å². The standard InChI is InChI=1S/C14H15N3O6/c1-3-22-14(20)13-12(15-17-16-13)8-4-5-9(10(6-8)21-2)23-7-11(18)19/h4-6H,3,7H2,1-2H3,(H,18,19)(H,15,16,17). The van der Waals surface area contributed by atoms with Gasteiger partial charge in [-0.15, -0.1) is 5.10 Å². The Bertz CT molecular complexity index is 712. The van der Waals surface area contributed by atoms with Crippen LogP contribution in [0.1, 0.15) is 17.4 Å². The molecule has 2 N–H and O–H groups in total. The van der Waals surface area contributed by atoms with Gasteiger partial charge in [0.2, 0.25) is 0 Å². The Morgan fingerprint density at radius 1 is 1.26 bits per heavy atom. The van der Waals surface area contributed by atoms with Crippen LogP contribution in [-0.2, 0) is 9.53 Å². The van der Waals surface area contributed by atoms with Crippen LogP contribution in [0.25, 0.3) is 11.3 Å². The molecule has 0 aliphatic heterocycles. The van der Waals surface area contributed by atoms with Gasteiger partial charge in [-0.2, -0.15) is 10.3 Å². The summed E-state index contributed by atoms with van der Waals surface area (Å²) in [6.45, 7) is 1.42. The molecular formula is C14H15N3O6. The second-order valence-corrected chi connectivity index (χ2v) is 4.29. The lowest BCUT2D eigenvalue weighted by Crippen LogP contribution is -2.10. The van der Waals surface area contributed by atoms with Crippen LogP contribution in [0, 0.1) is 0 Å². The number of H-pyrrole nitrogens is 1. The van der Waals surface area contributed by atoms with E-state index >= 15 is 0 Å². The number of ether oxygens (including phenoxy) is 3. The molecule has 122 valence electrons. The molecule has 0 aliphatic rings. The van der Waals surface area contributed by atoms with Gasteiger partial charge in [-0.1, -0.05) is 0 Å². The maximum atomic E-state index is 11.8. The molecule has 0 atom stereocenters. The third-order valence-corrected chi connectivity index (χ3v) is 2.80. The van der Waals surface area contributed by atoms with E-state index < -0.39 is 18.5 Å². The minimum atomic E-state index is -1.10. The number of aromatic amines is 1. The quantitative estimate of drug-likeness (QED) is 0.727. The zero-order valence-corrected chi connectivity index (χ0v) is 12.5. The molecule has 9 nitrogen and oxygen atoms in total. The number of hydrogen-bond donors (Lipinski definition) is 2. The van der Waals surface area contributed by atoms with E-state index in [-0.39, 0.29) is 18.1 Å². The number of hydrogen-bond acceptors (Lipinski definition) is 7. The second-order valence-electron chi connectivity index (χ2n) is 4.29. The predicted molar refractivity (Wildman–Crippen MR) is 77.5 cm³/mol. The summed E-state index contributed by atoms with van der Waals surface area (Å²) in [5, 5.41) is 18.8. The maximum absolute atomic E-state index is 11.8. The van der Waals surface area contributed by atoms with Crippen LogP contribution in [0.2, 0.25) is 0 Å². The summed E-state index contributed by atoms with van der Waals surface area (Å²) >= 11 is 0. The third-order valence-electron chi connectivity index (χ3n) is 2.80. The molecule has 0 radical (unpaired) electrons. The fourth-order valence-corrected chi connectivity index (χ4v) is 1.85. The lowest BCUT2D eigenvalue weighted by atomic mass is 10.1. The average molecular weight is 321 g/mol. The Morgan fingerprint density at radius 3 is 2.70 bits per heavy atom. The number of aromatic nitrogens is 3. The van der Waals surface area contributed by atoms with E-state index in [0.29, 0.717) is 17.0 Å². The van der Waals surface area contributed by atoms with Crippen molar-refractivity contribution in [3.05, 3.63) is 23.9 Å². The van der Waals surface area contributed by atoms with Crippen LogP contribution in [0.3, 0.4) is 0 Å². The number of carbonyl (C=O) groups excluding carboxylic acids is 1. The van der Waals surface area contributed by atoms with Crippen molar-refractivity contribution in [3.63, 3.8) is 0 Å². The minimum Gasteiger partial charge on any atom is -0.493 e. The summed E-state index contributed by atoms with van der Waals surface area (Å²) in [4.78, 5) is 22.4. The normalized spacial score (nSPS) is 10.2. The molecule has 9 heteroatoms.